The Morgan fingerprint density at radius 1 is 0.906 bits per heavy atom. The third-order valence-electron chi connectivity index (χ3n) is 5.42. The fourth-order valence-corrected chi connectivity index (χ4v) is 3.74. The maximum atomic E-state index is 13.4. The SMILES string of the molecule is CCc1ccccc1NC(=O)CN(C)C(=O)c1cc(-c2ccccc2)nc2ccccc12. The molecule has 5 heteroatoms. The van der Waals surface area contributed by atoms with Crippen LogP contribution in [-0.4, -0.2) is 35.3 Å². The Morgan fingerprint density at radius 2 is 1.59 bits per heavy atom. The molecule has 2 amide bonds. The number of pyridine rings is 1. The number of fused-ring (bicyclic) bond motifs is 1. The van der Waals surface area contributed by atoms with Gasteiger partial charge < -0.3 is 10.2 Å². The van der Waals surface area contributed by atoms with Gasteiger partial charge in [-0.15, -0.1) is 0 Å². The zero-order chi connectivity index (χ0) is 22.5. The molecule has 0 saturated carbocycles. The van der Waals surface area contributed by atoms with Crippen molar-refractivity contribution in [2.45, 2.75) is 13.3 Å². The first kappa shape index (κ1) is 21.2. The number of likely N-dealkylation sites (N-methyl/N-ethyl adjacent to an activating group) is 1. The quantitative estimate of drug-likeness (QED) is 0.465. The monoisotopic (exact) mass is 423 g/mol. The summed E-state index contributed by atoms with van der Waals surface area (Å²) < 4.78 is 0. The largest absolute Gasteiger partial charge is 0.332 e. The van der Waals surface area contributed by atoms with Crippen molar-refractivity contribution in [1.82, 2.24) is 9.88 Å². The minimum Gasteiger partial charge on any atom is -0.332 e. The van der Waals surface area contributed by atoms with Crippen LogP contribution in [0, 0.1) is 0 Å². The van der Waals surface area contributed by atoms with E-state index in [9.17, 15) is 9.59 Å². The molecule has 160 valence electrons. The van der Waals surface area contributed by atoms with Gasteiger partial charge in [0.05, 0.1) is 23.3 Å². The average molecular weight is 424 g/mol. The van der Waals surface area contributed by atoms with Crippen LogP contribution in [0.4, 0.5) is 5.69 Å². The van der Waals surface area contributed by atoms with Gasteiger partial charge in [0.2, 0.25) is 5.91 Å². The van der Waals surface area contributed by atoms with Crippen LogP contribution in [0.1, 0.15) is 22.8 Å². The first-order valence-corrected chi connectivity index (χ1v) is 10.6. The number of nitrogens with one attached hydrogen (secondary N) is 1. The molecule has 1 N–H and O–H groups in total. The van der Waals surface area contributed by atoms with Crippen LogP contribution in [0.5, 0.6) is 0 Å². The Kier molecular flexibility index (Phi) is 6.26. The van der Waals surface area contributed by atoms with Crippen molar-refractivity contribution >= 4 is 28.4 Å². The van der Waals surface area contributed by atoms with Gasteiger partial charge in [0.25, 0.3) is 5.91 Å². The maximum absolute atomic E-state index is 13.4. The van der Waals surface area contributed by atoms with Gasteiger partial charge in [0.15, 0.2) is 0 Å². The van der Waals surface area contributed by atoms with Crippen LogP contribution in [0.3, 0.4) is 0 Å². The van der Waals surface area contributed by atoms with E-state index in [-0.39, 0.29) is 18.4 Å². The molecular weight excluding hydrogens is 398 g/mol. The molecule has 0 radical (unpaired) electrons. The second kappa shape index (κ2) is 9.43. The molecule has 0 aliphatic carbocycles. The fraction of sp³-hybridized carbons (Fsp3) is 0.148. The molecule has 0 fully saturated rings. The molecule has 1 heterocycles. The summed E-state index contributed by atoms with van der Waals surface area (Å²) in [6, 6.07) is 26.8. The molecule has 0 bridgehead atoms. The van der Waals surface area contributed by atoms with Crippen molar-refractivity contribution in [1.29, 1.82) is 0 Å². The van der Waals surface area contributed by atoms with E-state index < -0.39 is 0 Å². The predicted octanol–water partition coefficient (Wildman–Crippen LogP) is 5.17. The molecule has 0 spiro atoms. The highest BCUT2D eigenvalue weighted by molar-refractivity contribution is 6.08. The van der Waals surface area contributed by atoms with Crippen LogP contribution in [0.25, 0.3) is 22.2 Å². The Labute approximate surface area is 187 Å². The number of amides is 2. The van der Waals surface area contributed by atoms with E-state index in [1.54, 1.807) is 13.1 Å². The highest BCUT2D eigenvalue weighted by atomic mass is 16.2. The normalized spacial score (nSPS) is 10.7. The number of anilines is 1. The van der Waals surface area contributed by atoms with Gasteiger partial charge in [-0.05, 0) is 30.2 Å². The van der Waals surface area contributed by atoms with Crippen LogP contribution in [-0.2, 0) is 11.2 Å². The molecule has 5 nitrogen and oxygen atoms in total. The molecule has 4 aromatic rings. The second-order valence-electron chi connectivity index (χ2n) is 7.66. The molecule has 0 unspecified atom stereocenters. The number of hydrogen-bond donors (Lipinski definition) is 1. The Morgan fingerprint density at radius 3 is 2.38 bits per heavy atom. The van der Waals surface area contributed by atoms with E-state index in [4.69, 9.17) is 4.98 Å². The lowest BCUT2D eigenvalue weighted by atomic mass is 10.0. The van der Waals surface area contributed by atoms with Crippen LogP contribution >= 0.6 is 0 Å². The first-order valence-electron chi connectivity index (χ1n) is 10.6. The number of aryl methyl sites for hydroxylation is 1. The summed E-state index contributed by atoms with van der Waals surface area (Å²) in [7, 11) is 1.64. The van der Waals surface area contributed by atoms with Crippen molar-refractivity contribution in [3.05, 3.63) is 96.1 Å². The summed E-state index contributed by atoms with van der Waals surface area (Å²) in [6.45, 7) is 1.99. The van der Waals surface area contributed by atoms with Gasteiger partial charge in [-0.3, -0.25) is 9.59 Å². The summed E-state index contributed by atoms with van der Waals surface area (Å²) in [5.41, 5.74) is 4.76. The summed E-state index contributed by atoms with van der Waals surface area (Å²) in [6.07, 6.45) is 0.816. The highest BCUT2D eigenvalue weighted by Gasteiger charge is 2.19. The molecule has 0 aliphatic rings. The summed E-state index contributed by atoms with van der Waals surface area (Å²) in [5.74, 6) is -0.455. The van der Waals surface area contributed by atoms with Gasteiger partial charge in [-0.25, -0.2) is 4.98 Å². The summed E-state index contributed by atoms with van der Waals surface area (Å²) in [5, 5.41) is 3.69. The van der Waals surface area contributed by atoms with Crippen molar-refractivity contribution in [3.63, 3.8) is 0 Å². The van der Waals surface area contributed by atoms with Crippen molar-refractivity contribution < 1.29 is 9.59 Å². The smallest absolute Gasteiger partial charge is 0.254 e. The Hall–Kier alpha value is -3.99. The number of para-hydroxylation sites is 2. The molecule has 0 saturated heterocycles. The van der Waals surface area contributed by atoms with Crippen molar-refractivity contribution in [2.75, 3.05) is 18.9 Å². The number of benzene rings is 3. The minimum atomic E-state index is -0.233. The second-order valence-corrected chi connectivity index (χ2v) is 7.66. The molecular formula is C27H25N3O2. The first-order chi connectivity index (χ1) is 15.6. The van der Waals surface area contributed by atoms with Gasteiger partial charge in [-0.2, -0.15) is 0 Å². The number of nitrogens with zero attached hydrogens (tertiary/aromatic N) is 2. The zero-order valence-corrected chi connectivity index (χ0v) is 18.2. The van der Waals surface area contributed by atoms with Gasteiger partial charge in [-0.1, -0.05) is 73.7 Å². The summed E-state index contributed by atoms with van der Waals surface area (Å²) in [4.78, 5) is 32.2. The molecule has 32 heavy (non-hydrogen) atoms. The van der Waals surface area contributed by atoms with Gasteiger partial charge >= 0.3 is 0 Å². The van der Waals surface area contributed by atoms with Crippen LogP contribution < -0.4 is 5.32 Å². The van der Waals surface area contributed by atoms with Crippen LogP contribution in [0.2, 0.25) is 0 Å². The standard InChI is InChI=1S/C27H25N3O2/c1-3-19-11-7-9-15-23(19)29-26(31)18-30(2)27(32)22-17-25(20-12-5-4-6-13-20)28-24-16-10-8-14-21(22)24/h4-17H,3,18H2,1-2H3,(H,29,31). The number of rotatable bonds is 6. The minimum absolute atomic E-state index is 0.0474. The Bertz CT molecular complexity index is 1270. The van der Waals surface area contributed by atoms with E-state index in [0.29, 0.717) is 5.56 Å². The predicted molar refractivity (Wildman–Crippen MR) is 129 cm³/mol. The van der Waals surface area contributed by atoms with Gasteiger partial charge in [0, 0.05) is 23.7 Å². The number of carbonyl (C=O) groups is 2. The number of hydrogen-bond acceptors (Lipinski definition) is 3. The summed E-state index contributed by atoms with van der Waals surface area (Å²) >= 11 is 0. The van der Waals surface area contributed by atoms with Crippen LogP contribution in [0.15, 0.2) is 84.9 Å². The highest BCUT2D eigenvalue weighted by Crippen LogP contribution is 2.25. The molecule has 4 rings (SSSR count). The van der Waals surface area contributed by atoms with E-state index >= 15 is 0 Å². The van der Waals surface area contributed by atoms with E-state index in [0.717, 1.165) is 39.8 Å². The van der Waals surface area contributed by atoms with E-state index in [1.165, 1.54) is 4.90 Å². The van der Waals surface area contributed by atoms with Gasteiger partial charge in [0.1, 0.15) is 0 Å². The topological polar surface area (TPSA) is 62.3 Å². The lowest BCUT2D eigenvalue weighted by molar-refractivity contribution is -0.116. The van der Waals surface area contributed by atoms with Crippen molar-refractivity contribution in [2.24, 2.45) is 0 Å². The lowest BCUT2D eigenvalue weighted by Crippen LogP contribution is -2.35. The number of aromatic nitrogens is 1. The third kappa shape index (κ3) is 4.52. The maximum Gasteiger partial charge on any atom is 0.254 e. The molecule has 0 aliphatic heterocycles. The third-order valence-corrected chi connectivity index (χ3v) is 5.42. The fourth-order valence-electron chi connectivity index (χ4n) is 3.74. The van der Waals surface area contributed by atoms with E-state index in [2.05, 4.69) is 5.32 Å². The molecule has 0 atom stereocenters. The molecule has 3 aromatic carbocycles. The average Bonchev–Trinajstić information content (AvgIpc) is 2.83. The lowest BCUT2D eigenvalue weighted by Gasteiger charge is -2.19. The van der Waals surface area contributed by atoms with E-state index in [1.807, 2.05) is 85.8 Å². The zero-order valence-electron chi connectivity index (χ0n) is 18.2. The molecule has 1 aromatic heterocycles. The number of carbonyl (C=O) groups excluding carboxylic acids is 2. The Balaban J connectivity index is 1.60. The van der Waals surface area contributed by atoms with Crippen molar-refractivity contribution in [3.8, 4) is 11.3 Å².